The topological polar surface area (TPSA) is 42.2 Å². The van der Waals surface area contributed by atoms with Crippen molar-refractivity contribution in [1.29, 1.82) is 5.26 Å². The van der Waals surface area contributed by atoms with Gasteiger partial charge in [-0.1, -0.05) is 12.1 Å². The number of hydrogen-bond donors (Lipinski definition) is 0. The van der Waals surface area contributed by atoms with Gasteiger partial charge in [0.15, 0.2) is 0 Å². The van der Waals surface area contributed by atoms with Gasteiger partial charge >= 0.3 is 0 Å². The summed E-state index contributed by atoms with van der Waals surface area (Å²) in [6, 6.07) is 15.6. The Hall–Kier alpha value is -2.73. The molecule has 0 atom stereocenters. The summed E-state index contributed by atoms with van der Waals surface area (Å²) in [5, 5.41) is 9.06. The molecule has 1 heterocycles. The lowest BCUT2D eigenvalue weighted by molar-refractivity contribution is 0.169. The minimum absolute atomic E-state index is 0.435. The zero-order valence-corrected chi connectivity index (χ0v) is 12.9. The van der Waals surface area contributed by atoms with Crippen molar-refractivity contribution < 1.29 is 9.47 Å². The van der Waals surface area contributed by atoms with E-state index >= 15 is 0 Å². The van der Waals surface area contributed by atoms with E-state index in [2.05, 4.69) is 12.1 Å². The summed E-state index contributed by atoms with van der Waals surface area (Å²) in [6.07, 6.45) is 2.10. The maximum absolute atomic E-state index is 9.06. The number of ether oxygens (including phenoxy) is 2. The predicted molar refractivity (Wildman–Crippen MR) is 86.7 cm³/mol. The van der Waals surface area contributed by atoms with Crippen molar-refractivity contribution in [1.82, 2.24) is 0 Å². The van der Waals surface area contributed by atoms with Crippen molar-refractivity contribution in [2.45, 2.75) is 19.4 Å². The quantitative estimate of drug-likeness (QED) is 0.829. The van der Waals surface area contributed by atoms with Gasteiger partial charge in [-0.15, -0.1) is 0 Å². The van der Waals surface area contributed by atoms with Crippen molar-refractivity contribution in [2.24, 2.45) is 0 Å². The monoisotopic (exact) mass is 291 g/mol. The van der Waals surface area contributed by atoms with Gasteiger partial charge in [-0.25, -0.2) is 0 Å². The highest BCUT2D eigenvalue weighted by molar-refractivity contribution is 5.89. The summed E-state index contributed by atoms with van der Waals surface area (Å²) in [7, 11) is 1.65. The molecule has 0 aliphatic carbocycles. The number of hydrogen-bond acceptors (Lipinski definition) is 3. The zero-order valence-electron chi connectivity index (χ0n) is 12.9. The second-order valence-electron chi connectivity index (χ2n) is 5.76. The van der Waals surface area contributed by atoms with Crippen LogP contribution in [0.15, 0.2) is 42.5 Å². The van der Waals surface area contributed by atoms with Gasteiger partial charge in [-0.2, -0.15) is 5.26 Å². The van der Waals surface area contributed by atoms with Gasteiger partial charge in [0.2, 0.25) is 0 Å². The normalized spacial score (nSPS) is 15.1. The molecule has 1 aliphatic heterocycles. The summed E-state index contributed by atoms with van der Waals surface area (Å²) >= 11 is 0. The minimum atomic E-state index is -0.435. The van der Waals surface area contributed by atoms with E-state index in [9.17, 15) is 0 Å². The molecule has 0 amide bonds. The van der Waals surface area contributed by atoms with Crippen molar-refractivity contribution >= 4 is 11.6 Å². The molecular weight excluding hydrogens is 274 g/mol. The Balaban J connectivity index is 2.10. The third-order valence-corrected chi connectivity index (χ3v) is 3.85. The molecule has 3 heteroatoms. The zero-order chi connectivity index (χ0) is 15.7. The molecule has 3 nitrogen and oxygen atoms in total. The van der Waals surface area contributed by atoms with E-state index < -0.39 is 5.60 Å². The smallest absolute Gasteiger partial charge is 0.129 e. The van der Waals surface area contributed by atoms with Crippen LogP contribution in [0.5, 0.6) is 11.5 Å². The first-order valence-corrected chi connectivity index (χ1v) is 7.13. The minimum Gasteiger partial charge on any atom is -0.497 e. The average molecular weight is 291 g/mol. The third-order valence-electron chi connectivity index (χ3n) is 3.85. The van der Waals surface area contributed by atoms with E-state index in [1.807, 2.05) is 50.2 Å². The molecule has 0 radical (unpaired) electrons. The molecule has 1 aliphatic rings. The largest absolute Gasteiger partial charge is 0.497 e. The lowest BCUT2D eigenvalue weighted by Crippen LogP contribution is -2.32. The van der Waals surface area contributed by atoms with Crippen molar-refractivity contribution in [3.8, 4) is 17.6 Å². The van der Waals surface area contributed by atoms with Gasteiger partial charge < -0.3 is 9.47 Å². The molecule has 0 unspecified atom stereocenters. The Labute approximate surface area is 130 Å². The number of benzene rings is 2. The van der Waals surface area contributed by atoms with E-state index in [4.69, 9.17) is 14.7 Å². The molecule has 0 fully saturated rings. The second-order valence-corrected chi connectivity index (χ2v) is 5.76. The third kappa shape index (κ3) is 2.44. The molecule has 110 valence electrons. The summed E-state index contributed by atoms with van der Waals surface area (Å²) < 4.78 is 11.3. The fourth-order valence-electron chi connectivity index (χ4n) is 2.68. The van der Waals surface area contributed by atoms with Crippen LogP contribution in [0.4, 0.5) is 0 Å². The van der Waals surface area contributed by atoms with Gasteiger partial charge in [0, 0.05) is 11.1 Å². The van der Waals surface area contributed by atoms with Crippen LogP contribution in [0.3, 0.4) is 0 Å². The van der Waals surface area contributed by atoms with E-state index in [-0.39, 0.29) is 0 Å². The highest BCUT2D eigenvalue weighted by atomic mass is 16.5. The first kappa shape index (κ1) is 14.2. The molecular formula is C19H17NO2. The fraction of sp³-hybridized carbons (Fsp3) is 0.211. The summed E-state index contributed by atoms with van der Waals surface area (Å²) in [4.78, 5) is 0. The number of fused-ring (bicyclic) bond motifs is 1. The Kier molecular flexibility index (Phi) is 3.38. The number of nitrogens with zero attached hydrogens (tertiary/aromatic N) is 1. The lowest BCUT2D eigenvalue weighted by atomic mass is 9.87. The van der Waals surface area contributed by atoms with Crippen LogP contribution in [0, 0.1) is 11.3 Å². The van der Waals surface area contributed by atoms with E-state index in [0.29, 0.717) is 5.56 Å². The van der Waals surface area contributed by atoms with Crippen LogP contribution in [-0.4, -0.2) is 12.7 Å². The standard InChI is InChI=1S/C19H17NO2/c1-19(2)17(14-5-7-16(21-3)8-6-14)11-15-10-13(12-20)4-9-18(15)22-19/h4-11H,1-3H3. The Morgan fingerprint density at radius 3 is 2.45 bits per heavy atom. The molecule has 0 N–H and O–H groups in total. The summed E-state index contributed by atoms with van der Waals surface area (Å²) in [5.74, 6) is 1.63. The highest BCUT2D eigenvalue weighted by Gasteiger charge is 2.31. The van der Waals surface area contributed by atoms with Crippen LogP contribution in [0.2, 0.25) is 0 Å². The number of nitriles is 1. The van der Waals surface area contributed by atoms with Crippen molar-refractivity contribution in [2.75, 3.05) is 7.11 Å². The van der Waals surface area contributed by atoms with Gasteiger partial charge in [-0.3, -0.25) is 0 Å². The van der Waals surface area contributed by atoms with Crippen LogP contribution in [0.25, 0.3) is 11.6 Å². The Morgan fingerprint density at radius 2 is 1.82 bits per heavy atom. The fourth-order valence-corrected chi connectivity index (χ4v) is 2.68. The van der Waals surface area contributed by atoms with Crippen LogP contribution in [-0.2, 0) is 0 Å². The molecule has 0 aromatic heterocycles. The first-order chi connectivity index (χ1) is 10.5. The maximum Gasteiger partial charge on any atom is 0.129 e. The molecule has 3 rings (SSSR count). The van der Waals surface area contributed by atoms with Crippen molar-refractivity contribution in [3.63, 3.8) is 0 Å². The van der Waals surface area contributed by atoms with Crippen LogP contribution >= 0.6 is 0 Å². The first-order valence-electron chi connectivity index (χ1n) is 7.13. The molecule has 2 aromatic carbocycles. The van der Waals surface area contributed by atoms with E-state index in [1.54, 1.807) is 13.2 Å². The predicted octanol–water partition coefficient (Wildman–Crippen LogP) is 4.28. The maximum atomic E-state index is 9.06. The summed E-state index contributed by atoms with van der Waals surface area (Å²) in [6.45, 7) is 4.09. The van der Waals surface area contributed by atoms with Gasteiger partial charge in [0.05, 0.1) is 18.7 Å². The second kappa shape index (κ2) is 5.23. The van der Waals surface area contributed by atoms with Crippen LogP contribution in [0.1, 0.15) is 30.5 Å². The Morgan fingerprint density at radius 1 is 1.09 bits per heavy atom. The molecule has 0 saturated carbocycles. The van der Waals surface area contributed by atoms with Crippen LogP contribution < -0.4 is 9.47 Å². The highest BCUT2D eigenvalue weighted by Crippen LogP contribution is 2.40. The average Bonchev–Trinajstić information content (AvgIpc) is 2.53. The van der Waals surface area contributed by atoms with Crippen molar-refractivity contribution in [3.05, 3.63) is 59.2 Å². The van der Waals surface area contributed by atoms with Gasteiger partial charge in [0.25, 0.3) is 0 Å². The summed E-state index contributed by atoms with van der Waals surface area (Å²) in [5.41, 5.74) is 3.29. The van der Waals surface area contributed by atoms with Gasteiger partial charge in [0.1, 0.15) is 17.1 Å². The molecule has 0 spiro atoms. The lowest BCUT2D eigenvalue weighted by Gasteiger charge is -2.34. The molecule has 0 saturated heterocycles. The molecule has 2 aromatic rings. The molecule has 22 heavy (non-hydrogen) atoms. The van der Waals surface area contributed by atoms with E-state index in [1.165, 1.54) is 0 Å². The SMILES string of the molecule is COc1ccc(C2=Cc3cc(C#N)ccc3OC2(C)C)cc1. The van der Waals surface area contributed by atoms with E-state index in [0.717, 1.165) is 28.2 Å². The molecule has 0 bridgehead atoms. The van der Waals surface area contributed by atoms with Gasteiger partial charge in [-0.05, 0) is 55.8 Å². The number of rotatable bonds is 2. The Bertz CT molecular complexity index is 780. The number of methoxy groups -OCH3 is 1.